The number of methoxy groups -OCH3 is 1. The fraction of sp³-hybridized carbons (Fsp3) is 0.385. The second kappa shape index (κ2) is 7.63. The lowest BCUT2D eigenvalue weighted by Crippen LogP contribution is -2.45. The zero-order valence-electron chi connectivity index (χ0n) is 11.2. The van der Waals surface area contributed by atoms with Crippen LogP contribution in [0.1, 0.15) is 24.2 Å². The van der Waals surface area contributed by atoms with E-state index in [0.717, 1.165) is 0 Å². The van der Waals surface area contributed by atoms with Crippen molar-refractivity contribution in [2.45, 2.75) is 19.9 Å². The van der Waals surface area contributed by atoms with Crippen molar-refractivity contribution in [1.29, 1.82) is 0 Å². The van der Waals surface area contributed by atoms with Crippen LogP contribution >= 0.6 is 12.4 Å². The summed E-state index contributed by atoms with van der Waals surface area (Å²) in [6, 6.07) is 5.91. The second-order valence-electron chi connectivity index (χ2n) is 4.34. The van der Waals surface area contributed by atoms with E-state index in [4.69, 9.17) is 5.73 Å². The Bertz CT molecular complexity index is 449. The summed E-state index contributed by atoms with van der Waals surface area (Å²) in [5, 5.41) is 2.64. The first-order valence-corrected chi connectivity index (χ1v) is 5.70. The van der Waals surface area contributed by atoms with Crippen LogP contribution in [0, 0.1) is 5.92 Å². The number of esters is 1. The third-order valence-electron chi connectivity index (χ3n) is 2.56. The Hall–Kier alpha value is -1.75. The largest absolute Gasteiger partial charge is 0.467 e. The minimum atomic E-state index is -0.663. The Labute approximate surface area is 118 Å². The molecule has 0 aromatic heterocycles. The van der Waals surface area contributed by atoms with Gasteiger partial charge in [-0.1, -0.05) is 19.9 Å². The molecule has 0 aliphatic carbocycles. The molecule has 0 saturated carbocycles. The zero-order valence-corrected chi connectivity index (χ0v) is 12.0. The SMILES string of the molecule is COC(=O)C(NC(=O)c1cccc(N)c1)C(C)C.Cl. The van der Waals surface area contributed by atoms with E-state index < -0.39 is 12.0 Å². The third-order valence-corrected chi connectivity index (χ3v) is 2.56. The molecule has 0 aliphatic heterocycles. The van der Waals surface area contributed by atoms with Gasteiger partial charge in [0.1, 0.15) is 6.04 Å². The summed E-state index contributed by atoms with van der Waals surface area (Å²) in [6.07, 6.45) is 0. The van der Waals surface area contributed by atoms with Gasteiger partial charge in [0.2, 0.25) is 0 Å². The van der Waals surface area contributed by atoms with Crippen LogP contribution in [-0.2, 0) is 9.53 Å². The van der Waals surface area contributed by atoms with Crippen molar-refractivity contribution in [2.24, 2.45) is 5.92 Å². The van der Waals surface area contributed by atoms with Crippen molar-refractivity contribution >= 4 is 30.0 Å². The molecule has 0 spiro atoms. The predicted molar refractivity (Wildman–Crippen MR) is 76.2 cm³/mol. The van der Waals surface area contributed by atoms with Gasteiger partial charge in [-0.15, -0.1) is 12.4 Å². The van der Waals surface area contributed by atoms with Crippen LogP contribution in [0.25, 0.3) is 0 Å². The maximum absolute atomic E-state index is 12.0. The summed E-state index contributed by atoms with van der Waals surface area (Å²) < 4.78 is 4.66. The lowest BCUT2D eigenvalue weighted by molar-refractivity contribution is -0.144. The second-order valence-corrected chi connectivity index (χ2v) is 4.34. The van der Waals surface area contributed by atoms with E-state index in [1.807, 2.05) is 13.8 Å². The van der Waals surface area contributed by atoms with Crippen molar-refractivity contribution in [3.05, 3.63) is 29.8 Å². The first-order chi connectivity index (χ1) is 8.45. The van der Waals surface area contributed by atoms with Crippen molar-refractivity contribution in [2.75, 3.05) is 12.8 Å². The average Bonchev–Trinajstić information content (AvgIpc) is 2.34. The maximum Gasteiger partial charge on any atom is 0.328 e. The van der Waals surface area contributed by atoms with E-state index >= 15 is 0 Å². The third kappa shape index (κ3) is 4.79. The van der Waals surface area contributed by atoms with Gasteiger partial charge in [-0.05, 0) is 24.1 Å². The summed E-state index contributed by atoms with van der Waals surface area (Å²) in [5.41, 5.74) is 6.52. The van der Waals surface area contributed by atoms with Gasteiger partial charge in [0.25, 0.3) is 5.91 Å². The minimum Gasteiger partial charge on any atom is -0.467 e. The molecule has 106 valence electrons. The van der Waals surface area contributed by atoms with Gasteiger partial charge >= 0.3 is 5.97 Å². The van der Waals surface area contributed by atoms with Gasteiger partial charge in [0, 0.05) is 11.3 Å². The van der Waals surface area contributed by atoms with Crippen molar-refractivity contribution in [3.8, 4) is 0 Å². The van der Waals surface area contributed by atoms with Crippen LogP contribution in [0.15, 0.2) is 24.3 Å². The van der Waals surface area contributed by atoms with E-state index in [1.54, 1.807) is 24.3 Å². The molecule has 5 nitrogen and oxygen atoms in total. The molecule has 0 aliphatic rings. The Kier molecular flexibility index (Phi) is 6.93. The maximum atomic E-state index is 12.0. The molecular formula is C13H19ClN2O3. The summed E-state index contributed by atoms with van der Waals surface area (Å²) in [7, 11) is 1.30. The molecule has 0 fully saturated rings. The molecule has 0 heterocycles. The number of rotatable bonds is 4. The fourth-order valence-corrected chi connectivity index (χ4v) is 1.53. The van der Waals surface area contributed by atoms with E-state index in [9.17, 15) is 9.59 Å². The van der Waals surface area contributed by atoms with Gasteiger partial charge in [0.05, 0.1) is 7.11 Å². The highest BCUT2D eigenvalue weighted by atomic mass is 35.5. The average molecular weight is 287 g/mol. The number of ether oxygens (including phenoxy) is 1. The highest BCUT2D eigenvalue weighted by Crippen LogP contribution is 2.09. The summed E-state index contributed by atoms with van der Waals surface area (Å²) in [4.78, 5) is 23.5. The molecule has 1 aromatic carbocycles. The number of hydrogen-bond donors (Lipinski definition) is 2. The summed E-state index contributed by atoms with van der Waals surface area (Å²) in [5.74, 6) is -0.851. The molecule has 1 rings (SSSR count). The Balaban J connectivity index is 0.00000324. The van der Waals surface area contributed by atoms with Crippen LogP contribution < -0.4 is 11.1 Å². The Morgan fingerprint density at radius 3 is 2.42 bits per heavy atom. The number of nitrogens with one attached hydrogen (secondary N) is 1. The molecule has 0 bridgehead atoms. The number of hydrogen-bond acceptors (Lipinski definition) is 4. The summed E-state index contributed by atoms with van der Waals surface area (Å²) >= 11 is 0. The van der Waals surface area contributed by atoms with Crippen LogP contribution in [0.2, 0.25) is 0 Å². The summed E-state index contributed by atoms with van der Waals surface area (Å²) in [6.45, 7) is 3.67. The molecule has 6 heteroatoms. The highest BCUT2D eigenvalue weighted by molar-refractivity contribution is 5.97. The fourth-order valence-electron chi connectivity index (χ4n) is 1.53. The number of nitrogen functional groups attached to an aromatic ring is 1. The first-order valence-electron chi connectivity index (χ1n) is 5.70. The van der Waals surface area contributed by atoms with E-state index in [-0.39, 0.29) is 24.2 Å². The normalized spacial score (nSPS) is 11.4. The first kappa shape index (κ1) is 17.2. The monoisotopic (exact) mass is 286 g/mol. The zero-order chi connectivity index (χ0) is 13.7. The molecule has 0 radical (unpaired) electrons. The number of anilines is 1. The number of nitrogens with two attached hydrogens (primary N) is 1. The number of halogens is 1. The molecule has 1 aromatic rings. The lowest BCUT2D eigenvalue weighted by Gasteiger charge is -2.19. The molecule has 1 amide bonds. The Morgan fingerprint density at radius 1 is 1.32 bits per heavy atom. The van der Waals surface area contributed by atoms with E-state index in [0.29, 0.717) is 11.3 Å². The van der Waals surface area contributed by atoms with Gasteiger partial charge in [-0.2, -0.15) is 0 Å². The van der Waals surface area contributed by atoms with E-state index in [2.05, 4.69) is 10.1 Å². The van der Waals surface area contributed by atoms with Gasteiger partial charge in [-0.3, -0.25) is 4.79 Å². The minimum absolute atomic E-state index is 0. The van der Waals surface area contributed by atoms with Crippen LogP contribution in [-0.4, -0.2) is 25.0 Å². The van der Waals surface area contributed by atoms with Crippen molar-refractivity contribution in [1.82, 2.24) is 5.32 Å². The Morgan fingerprint density at radius 2 is 1.95 bits per heavy atom. The molecular weight excluding hydrogens is 268 g/mol. The molecule has 0 saturated heterocycles. The van der Waals surface area contributed by atoms with Crippen molar-refractivity contribution < 1.29 is 14.3 Å². The molecule has 1 atom stereocenters. The lowest BCUT2D eigenvalue weighted by atomic mass is 10.0. The molecule has 1 unspecified atom stereocenters. The van der Waals surface area contributed by atoms with Crippen LogP contribution in [0.4, 0.5) is 5.69 Å². The number of carbonyl (C=O) groups excluding carboxylic acids is 2. The van der Waals surface area contributed by atoms with Gasteiger partial charge in [0.15, 0.2) is 0 Å². The van der Waals surface area contributed by atoms with Crippen LogP contribution in [0.5, 0.6) is 0 Å². The number of amides is 1. The van der Waals surface area contributed by atoms with Crippen LogP contribution in [0.3, 0.4) is 0 Å². The molecule has 19 heavy (non-hydrogen) atoms. The van der Waals surface area contributed by atoms with Gasteiger partial charge in [-0.25, -0.2) is 4.79 Å². The standard InChI is InChI=1S/C13H18N2O3.ClH/c1-8(2)11(13(17)18-3)15-12(16)9-5-4-6-10(14)7-9;/h4-8,11H,14H2,1-3H3,(H,15,16);1H. The number of benzene rings is 1. The van der Waals surface area contributed by atoms with Crippen molar-refractivity contribution in [3.63, 3.8) is 0 Å². The van der Waals surface area contributed by atoms with Gasteiger partial charge < -0.3 is 15.8 Å². The predicted octanol–water partition coefficient (Wildman–Crippen LogP) is 1.62. The van der Waals surface area contributed by atoms with E-state index in [1.165, 1.54) is 7.11 Å². The molecule has 3 N–H and O–H groups in total. The number of carbonyl (C=O) groups is 2. The topological polar surface area (TPSA) is 81.4 Å². The smallest absolute Gasteiger partial charge is 0.328 e. The quantitative estimate of drug-likeness (QED) is 0.651. The highest BCUT2D eigenvalue weighted by Gasteiger charge is 2.25.